The number of nitrogens with zero attached hydrogens (tertiary/aromatic N) is 1. The molecule has 1 rings (SSSR count). The summed E-state index contributed by atoms with van der Waals surface area (Å²) in [5.74, 6) is -0.966. The highest BCUT2D eigenvalue weighted by atomic mass is 16.5. The molecule has 0 atom stereocenters. The number of anilines is 2. The number of hydrogen-bond donors (Lipinski definition) is 2. The zero-order chi connectivity index (χ0) is 13.5. The fraction of sp³-hybridized carbons (Fsp3) is 0.462. The first kappa shape index (κ1) is 14.3. The molecule has 5 heteroatoms. The summed E-state index contributed by atoms with van der Waals surface area (Å²) in [5, 5.41) is 8.85. The largest absolute Gasteiger partial charge is 0.478 e. The van der Waals surface area contributed by atoms with E-state index in [1.165, 1.54) is 6.07 Å². The van der Waals surface area contributed by atoms with Crippen molar-refractivity contribution < 1.29 is 14.6 Å². The number of ether oxygens (including phenoxy) is 1. The highest BCUT2D eigenvalue weighted by Gasteiger charge is 2.09. The van der Waals surface area contributed by atoms with Crippen molar-refractivity contribution in [3.63, 3.8) is 0 Å². The van der Waals surface area contributed by atoms with E-state index in [2.05, 4.69) is 0 Å². The number of carboxylic acids is 1. The maximum atomic E-state index is 10.8. The molecular formula is C13H20N2O3. The Morgan fingerprint density at radius 1 is 1.50 bits per heavy atom. The SMILES string of the molecule is CCOCCCN(C)c1ccc(C(=O)O)cc1N. The molecule has 0 amide bonds. The second-order valence-electron chi connectivity index (χ2n) is 4.05. The van der Waals surface area contributed by atoms with Crippen molar-refractivity contribution in [2.24, 2.45) is 0 Å². The van der Waals surface area contributed by atoms with E-state index in [1.807, 2.05) is 18.9 Å². The van der Waals surface area contributed by atoms with Crippen LogP contribution < -0.4 is 10.6 Å². The highest BCUT2D eigenvalue weighted by molar-refractivity contribution is 5.90. The van der Waals surface area contributed by atoms with Crippen LogP contribution in [-0.2, 0) is 4.74 Å². The summed E-state index contributed by atoms with van der Waals surface area (Å²) in [6, 6.07) is 4.78. The summed E-state index contributed by atoms with van der Waals surface area (Å²) in [4.78, 5) is 12.8. The highest BCUT2D eigenvalue weighted by Crippen LogP contribution is 2.23. The molecule has 0 heterocycles. The van der Waals surface area contributed by atoms with Gasteiger partial charge in [0.2, 0.25) is 0 Å². The first-order valence-corrected chi connectivity index (χ1v) is 5.98. The van der Waals surface area contributed by atoms with E-state index in [1.54, 1.807) is 12.1 Å². The zero-order valence-electron chi connectivity index (χ0n) is 10.8. The van der Waals surface area contributed by atoms with Crippen molar-refractivity contribution in [2.75, 3.05) is 37.4 Å². The monoisotopic (exact) mass is 252 g/mol. The average molecular weight is 252 g/mol. The maximum Gasteiger partial charge on any atom is 0.335 e. The standard InChI is InChI=1S/C13H20N2O3/c1-3-18-8-4-7-15(2)12-6-5-10(13(16)17)9-11(12)14/h5-6,9H,3-4,7-8,14H2,1-2H3,(H,16,17). The van der Waals surface area contributed by atoms with Gasteiger partial charge in [0.15, 0.2) is 0 Å². The Labute approximate surface area is 107 Å². The molecule has 1 aromatic carbocycles. The number of carboxylic acid groups (broad SMARTS) is 1. The van der Waals surface area contributed by atoms with E-state index in [4.69, 9.17) is 15.6 Å². The third-order valence-corrected chi connectivity index (χ3v) is 2.67. The number of aromatic carboxylic acids is 1. The lowest BCUT2D eigenvalue weighted by molar-refractivity contribution is 0.0697. The molecule has 18 heavy (non-hydrogen) atoms. The van der Waals surface area contributed by atoms with Crippen LogP contribution in [0.15, 0.2) is 18.2 Å². The number of rotatable bonds is 7. The molecule has 0 aromatic heterocycles. The Morgan fingerprint density at radius 3 is 2.78 bits per heavy atom. The normalized spacial score (nSPS) is 10.3. The average Bonchev–Trinajstić information content (AvgIpc) is 2.34. The zero-order valence-corrected chi connectivity index (χ0v) is 10.8. The van der Waals surface area contributed by atoms with Crippen LogP contribution in [0.1, 0.15) is 23.7 Å². The minimum atomic E-state index is -0.966. The lowest BCUT2D eigenvalue weighted by Crippen LogP contribution is -2.21. The summed E-state index contributed by atoms with van der Waals surface area (Å²) < 4.78 is 5.26. The molecule has 1 aromatic rings. The lowest BCUT2D eigenvalue weighted by Gasteiger charge is -2.21. The number of nitrogens with two attached hydrogens (primary N) is 1. The van der Waals surface area contributed by atoms with Gasteiger partial charge < -0.3 is 20.5 Å². The Morgan fingerprint density at radius 2 is 2.22 bits per heavy atom. The van der Waals surface area contributed by atoms with Crippen LogP contribution in [-0.4, -0.2) is 37.9 Å². The van der Waals surface area contributed by atoms with E-state index < -0.39 is 5.97 Å². The topological polar surface area (TPSA) is 75.8 Å². The Bertz CT molecular complexity index is 407. The van der Waals surface area contributed by atoms with Gasteiger partial charge in [-0.3, -0.25) is 0 Å². The molecule has 0 aliphatic heterocycles. The third kappa shape index (κ3) is 3.92. The molecule has 0 fully saturated rings. The molecule has 0 unspecified atom stereocenters. The second kappa shape index (κ2) is 6.86. The number of carbonyl (C=O) groups is 1. The Balaban J connectivity index is 2.62. The quantitative estimate of drug-likeness (QED) is 0.572. The molecule has 0 bridgehead atoms. The van der Waals surface area contributed by atoms with Crippen molar-refractivity contribution in [1.82, 2.24) is 0 Å². The van der Waals surface area contributed by atoms with E-state index in [0.717, 1.165) is 25.3 Å². The molecule has 0 radical (unpaired) electrons. The van der Waals surface area contributed by atoms with Gasteiger partial charge in [0.1, 0.15) is 0 Å². The molecule has 0 spiro atoms. The predicted octanol–water partition coefficient (Wildman–Crippen LogP) is 1.83. The van der Waals surface area contributed by atoms with E-state index in [-0.39, 0.29) is 5.56 Å². The van der Waals surface area contributed by atoms with Gasteiger partial charge in [0.25, 0.3) is 0 Å². The lowest BCUT2D eigenvalue weighted by atomic mass is 10.1. The van der Waals surface area contributed by atoms with Gasteiger partial charge in [0, 0.05) is 26.8 Å². The predicted molar refractivity (Wildman–Crippen MR) is 72.2 cm³/mol. The molecule has 0 aliphatic carbocycles. The second-order valence-corrected chi connectivity index (χ2v) is 4.05. The molecule has 0 aliphatic rings. The fourth-order valence-corrected chi connectivity index (χ4v) is 1.70. The van der Waals surface area contributed by atoms with Crippen molar-refractivity contribution in [1.29, 1.82) is 0 Å². The minimum Gasteiger partial charge on any atom is -0.478 e. The maximum absolute atomic E-state index is 10.8. The van der Waals surface area contributed by atoms with Crippen LogP contribution in [0, 0.1) is 0 Å². The molecule has 5 nitrogen and oxygen atoms in total. The Kier molecular flexibility index (Phi) is 5.45. The summed E-state index contributed by atoms with van der Waals surface area (Å²) in [5.41, 5.74) is 7.39. The van der Waals surface area contributed by atoms with Crippen LogP contribution in [0.2, 0.25) is 0 Å². The van der Waals surface area contributed by atoms with Gasteiger partial charge in [-0.1, -0.05) is 0 Å². The van der Waals surface area contributed by atoms with E-state index in [9.17, 15) is 4.79 Å². The van der Waals surface area contributed by atoms with Crippen LogP contribution in [0.25, 0.3) is 0 Å². The third-order valence-electron chi connectivity index (χ3n) is 2.67. The summed E-state index contributed by atoms with van der Waals surface area (Å²) in [7, 11) is 1.93. The molecule has 0 saturated carbocycles. The van der Waals surface area contributed by atoms with Gasteiger partial charge in [0.05, 0.1) is 16.9 Å². The first-order chi connectivity index (χ1) is 8.56. The summed E-state index contributed by atoms with van der Waals surface area (Å²) in [6.07, 6.45) is 0.907. The van der Waals surface area contributed by atoms with Crippen molar-refractivity contribution in [3.05, 3.63) is 23.8 Å². The molecule has 100 valence electrons. The van der Waals surface area contributed by atoms with Gasteiger partial charge in [-0.15, -0.1) is 0 Å². The number of nitrogen functional groups attached to an aromatic ring is 1. The van der Waals surface area contributed by atoms with Gasteiger partial charge in [-0.2, -0.15) is 0 Å². The van der Waals surface area contributed by atoms with Gasteiger partial charge >= 0.3 is 5.97 Å². The van der Waals surface area contributed by atoms with E-state index >= 15 is 0 Å². The summed E-state index contributed by atoms with van der Waals surface area (Å²) in [6.45, 7) is 4.22. The van der Waals surface area contributed by atoms with Gasteiger partial charge in [-0.05, 0) is 31.5 Å². The van der Waals surface area contributed by atoms with Crippen molar-refractivity contribution in [3.8, 4) is 0 Å². The molecular weight excluding hydrogens is 232 g/mol. The Hall–Kier alpha value is -1.75. The van der Waals surface area contributed by atoms with Gasteiger partial charge in [-0.25, -0.2) is 4.79 Å². The van der Waals surface area contributed by atoms with E-state index in [0.29, 0.717) is 12.3 Å². The smallest absolute Gasteiger partial charge is 0.335 e. The minimum absolute atomic E-state index is 0.207. The molecule has 0 saturated heterocycles. The first-order valence-electron chi connectivity index (χ1n) is 5.98. The fourth-order valence-electron chi connectivity index (χ4n) is 1.70. The van der Waals surface area contributed by atoms with Crippen LogP contribution in [0.5, 0.6) is 0 Å². The molecule has 3 N–H and O–H groups in total. The van der Waals surface area contributed by atoms with Crippen LogP contribution in [0.3, 0.4) is 0 Å². The number of hydrogen-bond acceptors (Lipinski definition) is 4. The van der Waals surface area contributed by atoms with Crippen molar-refractivity contribution in [2.45, 2.75) is 13.3 Å². The van der Waals surface area contributed by atoms with Crippen LogP contribution in [0.4, 0.5) is 11.4 Å². The number of benzene rings is 1. The van der Waals surface area contributed by atoms with Crippen LogP contribution >= 0.6 is 0 Å². The van der Waals surface area contributed by atoms with Crippen molar-refractivity contribution >= 4 is 17.3 Å². The summed E-state index contributed by atoms with van der Waals surface area (Å²) >= 11 is 0.